The maximum atomic E-state index is 12.9. The van der Waals surface area contributed by atoms with Gasteiger partial charge in [0, 0.05) is 11.4 Å². The van der Waals surface area contributed by atoms with Crippen molar-refractivity contribution in [3.05, 3.63) is 83.6 Å². The number of nitrogens with one attached hydrogen (secondary N) is 2. The molecule has 0 bridgehead atoms. The molecule has 9 heteroatoms. The number of anilines is 2. The van der Waals surface area contributed by atoms with E-state index < -0.39 is 21.7 Å². The van der Waals surface area contributed by atoms with E-state index in [2.05, 4.69) is 10.0 Å². The molecule has 0 saturated heterocycles. The second-order valence-electron chi connectivity index (χ2n) is 5.90. The van der Waals surface area contributed by atoms with Gasteiger partial charge in [0.15, 0.2) is 6.61 Å². The first kappa shape index (κ1) is 20.6. The summed E-state index contributed by atoms with van der Waals surface area (Å²) in [5.41, 5.74) is 0.638. The molecular formula is C20H16ClFN2O4S. The third-order valence-electron chi connectivity index (χ3n) is 3.74. The molecule has 0 aliphatic heterocycles. The van der Waals surface area contributed by atoms with E-state index >= 15 is 0 Å². The van der Waals surface area contributed by atoms with Gasteiger partial charge in [-0.25, -0.2) is 12.8 Å². The van der Waals surface area contributed by atoms with Crippen LogP contribution in [-0.2, 0) is 14.8 Å². The Morgan fingerprint density at radius 1 is 0.931 bits per heavy atom. The maximum Gasteiger partial charge on any atom is 0.262 e. The third-order valence-corrected chi connectivity index (χ3v) is 5.45. The number of ether oxygens (including phenoxy) is 1. The van der Waals surface area contributed by atoms with Crippen molar-refractivity contribution in [1.29, 1.82) is 0 Å². The molecule has 6 nitrogen and oxygen atoms in total. The van der Waals surface area contributed by atoms with Gasteiger partial charge >= 0.3 is 0 Å². The molecule has 3 rings (SSSR count). The monoisotopic (exact) mass is 434 g/mol. The molecular weight excluding hydrogens is 419 g/mol. The highest BCUT2D eigenvalue weighted by Gasteiger charge is 2.14. The molecule has 0 heterocycles. The first-order chi connectivity index (χ1) is 13.8. The highest BCUT2D eigenvalue weighted by molar-refractivity contribution is 7.92. The quantitative estimate of drug-likeness (QED) is 0.580. The van der Waals surface area contributed by atoms with Crippen LogP contribution in [0.2, 0.25) is 5.02 Å². The summed E-state index contributed by atoms with van der Waals surface area (Å²) in [7, 11) is -3.85. The van der Waals surface area contributed by atoms with E-state index in [-0.39, 0.29) is 17.2 Å². The van der Waals surface area contributed by atoms with Crippen LogP contribution in [0.5, 0.6) is 5.75 Å². The topological polar surface area (TPSA) is 84.5 Å². The molecule has 3 aromatic carbocycles. The van der Waals surface area contributed by atoms with Crippen LogP contribution in [-0.4, -0.2) is 20.9 Å². The number of sulfonamides is 1. The van der Waals surface area contributed by atoms with Gasteiger partial charge in [-0.1, -0.05) is 23.7 Å². The summed E-state index contributed by atoms with van der Waals surface area (Å²) in [5, 5.41) is 2.99. The standard InChI is InChI=1S/C20H16ClFN2O4S/c21-18-3-1-2-4-19(18)28-13-20(25)23-15-9-11-17(12-10-15)29(26,27)24-16-7-5-14(22)6-8-16/h1-12,24H,13H2,(H,23,25). The summed E-state index contributed by atoms with van der Waals surface area (Å²) in [6.07, 6.45) is 0. The Labute approximate surface area is 172 Å². The summed E-state index contributed by atoms with van der Waals surface area (Å²) in [6.45, 7) is -0.254. The van der Waals surface area contributed by atoms with Gasteiger partial charge in [0.25, 0.3) is 15.9 Å². The van der Waals surface area contributed by atoms with Crippen molar-refractivity contribution in [3.63, 3.8) is 0 Å². The molecule has 0 aliphatic rings. The van der Waals surface area contributed by atoms with Crippen molar-refractivity contribution in [3.8, 4) is 5.75 Å². The van der Waals surface area contributed by atoms with Gasteiger partial charge < -0.3 is 10.1 Å². The van der Waals surface area contributed by atoms with Crippen molar-refractivity contribution in [1.82, 2.24) is 0 Å². The highest BCUT2D eigenvalue weighted by atomic mass is 35.5. The third kappa shape index (κ3) is 5.69. The van der Waals surface area contributed by atoms with Gasteiger partial charge in [0.05, 0.1) is 9.92 Å². The summed E-state index contributed by atoms with van der Waals surface area (Å²) >= 11 is 5.96. The fourth-order valence-corrected chi connectivity index (χ4v) is 3.60. The Hall–Kier alpha value is -3.10. The maximum absolute atomic E-state index is 12.9. The van der Waals surface area contributed by atoms with E-state index in [0.29, 0.717) is 16.5 Å². The lowest BCUT2D eigenvalue weighted by molar-refractivity contribution is -0.118. The number of benzene rings is 3. The van der Waals surface area contributed by atoms with Gasteiger partial charge in [-0.2, -0.15) is 0 Å². The first-order valence-electron chi connectivity index (χ1n) is 8.39. The largest absolute Gasteiger partial charge is 0.482 e. The molecule has 0 fully saturated rings. The minimum atomic E-state index is -3.85. The van der Waals surface area contributed by atoms with Crippen molar-refractivity contribution in [2.45, 2.75) is 4.90 Å². The van der Waals surface area contributed by atoms with Gasteiger partial charge in [0.2, 0.25) is 0 Å². The Bertz CT molecular complexity index is 1100. The number of para-hydroxylation sites is 1. The number of hydrogen-bond acceptors (Lipinski definition) is 4. The minimum Gasteiger partial charge on any atom is -0.482 e. The Morgan fingerprint density at radius 2 is 1.55 bits per heavy atom. The fourth-order valence-electron chi connectivity index (χ4n) is 2.35. The summed E-state index contributed by atoms with van der Waals surface area (Å²) in [4.78, 5) is 12.0. The summed E-state index contributed by atoms with van der Waals surface area (Å²) < 4.78 is 45.4. The van der Waals surface area contributed by atoms with Crippen LogP contribution < -0.4 is 14.8 Å². The number of hydrogen-bond donors (Lipinski definition) is 2. The van der Waals surface area contributed by atoms with Crippen LogP contribution in [0.1, 0.15) is 0 Å². The Kier molecular flexibility index (Phi) is 6.36. The molecule has 0 atom stereocenters. The average molecular weight is 435 g/mol. The number of carbonyl (C=O) groups is 1. The van der Waals surface area contributed by atoms with Crippen LogP contribution in [0.4, 0.5) is 15.8 Å². The number of carbonyl (C=O) groups excluding carboxylic acids is 1. The fraction of sp³-hybridized carbons (Fsp3) is 0.0500. The molecule has 150 valence electrons. The van der Waals surface area contributed by atoms with E-state index in [1.54, 1.807) is 24.3 Å². The normalized spacial score (nSPS) is 11.0. The van der Waals surface area contributed by atoms with E-state index in [4.69, 9.17) is 16.3 Å². The zero-order valence-electron chi connectivity index (χ0n) is 14.9. The van der Waals surface area contributed by atoms with Crippen LogP contribution in [0.3, 0.4) is 0 Å². The summed E-state index contributed by atoms with van der Waals surface area (Å²) in [6, 6.07) is 17.3. The number of amides is 1. The van der Waals surface area contributed by atoms with E-state index in [0.717, 1.165) is 12.1 Å². The molecule has 0 unspecified atom stereocenters. The van der Waals surface area contributed by atoms with Crippen molar-refractivity contribution >= 4 is 38.9 Å². The Morgan fingerprint density at radius 3 is 2.21 bits per heavy atom. The SMILES string of the molecule is O=C(COc1ccccc1Cl)Nc1ccc(S(=O)(=O)Nc2ccc(F)cc2)cc1. The second kappa shape index (κ2) is 8.93. The van der Waals surface area contributed by atoms with Gasteiger partial charge in [-0.15, -0.1) is 0 Å². The molecule has 3 aromatic rings. The molecule has 0 radical (unpaired) electrons. The predicted molar refractivity (Wildman–Crippen MR) is 109 cm³/mol. The number of rotatable bonds is 7. The smallest absolute Gasteiger partial charge is 0.262 e. The zero-order chi connectivity index (χ0) is 20.9. The lowest BCUT2D eigenvalue weighted by Gasteiger charge is -2.10. The van der Waals surface area contributed by atoms with Crippen molar-refractivity contribution < 1.29 is 22.3 Å². The zero-order valence-corrected chi connectivity index (χ0v) is 16.5. The minimum absolute atomic E-state index is 0.00728. The molecule has 0 saturated carbocycles. The van der Waals surface area contributed by atoms with Crippen LogP contribution in [0.25, 0.3) is 0 Å². The van der Waals surface area contributed by atoms with Crippen molar-refractivity contribution in [2.75, 3.05) is 16.6 Å². The van der Waals surface area contributed by atoms with Gasteiger partial charge in [-0.05, 0) is 60.7 Å². The Balaban J connectivity index is 1.59. The van der Waals surface area contributed by atoms with Gasteiger partial charge in [0.1, 0.15) is 11.6 Å². The van der Waals surface area contributed by atoms with E-state index in [9.17, 15) is 17.6 Å². The van der Waals surface area contributed by atoms with Crippen molar-refractivity contribution in [2.24, 2.45) is 0 Å². The highest BCUT2D eigenvalue weighted by Crippen LogP contribution is 2.23. The second-order valence-corrected chi connectivity index (χ2v) is 7.99. The molecule has 1 amide bonds. The van der Waals surface area contributed by atoms with Crippen LogP contribution in [0.15, 0.2) is 77.7 Å². The van der Waals surface area contributed by atoms with Crippen LogP contribution >= 0.6 is 11.6 Å². The molecule has 0 aromatic heterocycles. The van der Waals surface area contributed by atoms with Gasteiger partial charge in [-0.3, -0.25) is 9.52 Å². The van der Waals surface area contributed by atoms with E-state index in [1.165, 1.54) is 36.4 Å². The lowest BCUT2D eigenvalue weighted by Crippen LogP contribution is -2.20. The van der Waals surface area contributed by atoms with E-state index in [1.807, 2.05) is 0 Å². The first-order valence-corrected chi connectivity index (χ1v) is 10.3. The predicted octanol–water partition coefficient (Wildman–Crippen LogP) is 4.30. The summed E-state index contributed by atoms with van der Waals surface area (Å²) in [5.74, 6) is -0.505. The molecule has 29 heavy (non-hydrogen) atoms. The average Bonchev–Trinajstić information content (AvgIpc) is 2.69. The molecule has 0 spiro atoms. The lowest BCUT2D eigenvalue weighted by atomic mass is 10.3. The molecule has 2 N–H and O–H groups in total. The molecule has 0 aliphatic carbocycles. The van der Waals surface area contributed by atoms with Crippen LogP contribution in [0, 0.1) is 5.82 Å². The number of halogens is 2.